The number of hydrogen-bond acceptors (Lipinski definition) is 3. The van der Waals surface area contributed by atoms with E-state index in [1.165, 1.54) is 0 Å². The van der Waals surface area contributed by atoms with Crippen LogP contribution in [0.3, 0.4) is 0 Å². The van der Waals surface area contributed by atoms with Crippen LogP contribution in [0.5, 0.6) is 5.75 Å². The van der Waals surface area contributed by atoms with Crippen LogP contribution in [-0.4, -0.2) is 35.9 Å². The van der Waals surface area contributed by atoms with Crippen LogP contribution in [0.25, 0.3) is 0 Å². The highest BCUT2D eigenvalue weighted by Gasteiger charge is 2.41. The summed E-state index contributed by atoms with van der Waals surface area (Å²) in [6.45, 7) is 3.92. The minimum absolute atomic E-state index is 0. The average molecular weight is 342 g/mol. The normalized spacial score (nSPS) is 18.3. The van der Waals surface area contributed by atoms with Crippen molar-refractivity contribution in [3.8, 4) is 5.75 Å². The number of aromatic hydroxyl groups is 1. The van der Waals surface area contributed by atoms with Crippen molar-refractivity contribution in [3.05, 3.63) is 29.8 Å². The predicted octanol–water partition coefficient (Wildman–Crippen LogP) is 3.30. The second-order valence-corrected chi connectivity index (χ2v) is 5.61. The molecule has 0 aromatic heterocycles. The zero-order valence-electron chi connectivity index (χ0n) is 12.3. The molecule has 0 unspecified atom stereocenters. The number of nitrogens with zero attached hydrogens (tertiary/aromatic N) is 1. The van der Waals surface area contributed by atoms with Crippen molar-refractivity contribution in [2.45, 2.75) is 38.0 Å². The number of rotatable bonds is 4. The van der Waals surface area contributed by atoms with E-state index in [4.69, 9.17) is 0 Å². The van der Waals surface area contributed by atoms with Crippen molar-refractivity contribution in [1.29, 1.82) is 0 Å². The average Bonchev–Trinajstić information content (AvgIpc) is 2.40. The van der Waals surface area contributed by atoms with Crippen LogP contribution < -0.4 is 0 Å². The van der Waals surface area contributed by atoms with E-state index in [0.717, 1.165) is 37.9 Å². The van der Waals surface area contributed by atoms with E-state index in [9.17, 15) is 9.90 Å². The maximum Gasteiger partial charge on any atom is 0.143 e. The number of carbonyl (C=O) groups is 1. The molecule has 2 rings (SSSR count). The van der Waals surface area contributed by atoms with Crippen molar-refractivity contribution in [1.82, 2.24) is 4.90 Å². The van der Waals surface area contributed by atoms with Gasteiger partial charge in [0.25, 0.3) is 0 Å². The summed E-state index contributed by atoms with van der Waals surface area (Å²) in [5, 5.41) is 9.70. The molecule has 1 heterocycles. The van der Waals surface area contributed by atoms with E-state index in [1.54, 1.807) is 12.1 Å². The minimum atomic E-state index is -0.388. The topological polar surface area (TPSA) is 40.5 Å². The molecule has 0 aliphatic carbocycles. The Morgan fingerprint density at radius 2 is 2.00 bits per heavy atom. The number of likely N-dealkylation sites (tertiary alicyclic amines) is 1. The van der Waals surface area contributed by atoms with Gasteiger partial charge >= 0.3 is 0 Å². The van der Waals surface area contributed by atoms with Gasteiger partial charge in [-0.05, 0) is 57.1 Å². The van der Waals surface area contributed by atoms with Crippen LogP contribution in [0.2, 0.25) is 0 Å². The van der Waals surface area contributed by atoms with Crippen LogP contribution in [0.4, 0.5) is 0 Å². The number of ketones is 1. The van der Waals surface area contributed by atoms with Gasteiger partial charge in [-0.25, -0.2) is 0 Å². The van der Waals surface area contributed by atoms with Gasteiger partial charge in [-0.3, -0.25) is 4.79 Å². The Hall–Kier alpha value is -0.870. The maximum absolute atomic E-state index is 12.6. The van der Waals surface area contributed by atoms with Gasteiger partial charge in [0.15, 0.2) is 0 Å². The van der Waals surface area contributed by atoms with E-state index in [2.05, 4.69) is 11.9 Å². The van der Waals surface area contributed by atoms with Gasteiger partial charge in [0, 0.05) is 6.42 Å². The largest absolute Gasteiger partial charge is 0.508 e. The zero-order valence-corrected chi connectivity index (χ0v) is 14.0. The Morgan fingerprint density at radius 1 is 1.35 bits per heavy atom. The molecule has 1 aliphatic rings. The molecule has 3 nitrogen and oxygen atoms in total. The second-order valence-electron chi connectivity index (χ2n) is 5.61. The summed E-state index contributed by atoms with van der Waals surface area (Å²) in [7, 11) is 2.09. The fourth-order valence-electron chi connectivity index (χ4n) is 3.00. The van der Waals surface area contributed by atoms with Gasteiger partial charge in [-0.1, -0.05) is 19.1 Å². The Kier molecular flexibility index (Phi) is 6.21. The van der Waals surface area contributed by atoms with Gasteiger partial charge in [0.2, 0.25) is 0 Å². The first-order chi connectivity index (χ1) is 9.08. The number of benzene rings is 1. The number of phenols is 1. The molecule has 4 heteroatoms. The molecule has 1 aromatic carbocycles. The van der Waals surface area contributed by atoms with E-state index < -0.39 is 0 Å². The van der Waals surface area contributed by atoms with Crippen molar-refractivity contribution < 1.29 is 9.90 Å². The van der Waals surface area contributed by atoms with Crippen LogP contribution >= 0.6 is 17.0 Å². The lowest BCUT2D eigenvalue weighted by molar-refractivity contribution is -0.126. The van der Waals surface area contributed by atoms with Gasteiger partial charge < -0.3 is 10.0 Å². The third-order valence-corrected chi connectivity index (χ3v) is 4.25. The third-order valence-electron chi connectivity index (χ3n) is 4.25. The highest BCUT2D eigenvalue weighted by molar-refractivity contribution is 8.93. The summed E-state index contributed by atoms with van der Waals surface area (Å²) < 4.78 is 0. The first-order valence-electron chi connectivity index (χ1n) is 7.10. The Balaban J connectivity index is 0.00000200. The molecule has 1 aliphatic heterocycles. The van der Waals surface area contributed by atoms with Gasteiger partial charge in [-0.15, -0.1) is 17.0 Å². The van der Waals surface area contributed by atoms with Gasteiger partial charge in [0.1, 0.15) is 11.5 Å². The summed E-state index contributed by atoms with van der Waals surface area (Å²) in [6.07, 6.45) is 3.21. The lowest BCUT2D eigenvalue weighted by Crippen LogP contribution is -2.46. The molecular weight excluding hydrogens is 318 g/mol. The Morgan fingerprint density at radius 3 is 2.55 bits per heavy atom. The second kappa shape index (κ2) is 7.23. The molecular formula is C16H24BrNO2. The summed E-state index contributed by atoms with van der Waals surface area (Å²) in [5.41, 5.74) is 0.598. The molecule has 112 valence electrons. The molecule has 0 saturated carbocycles. The number of Topliss-reactive ketones (excluding diaryl/α,β-unsaturated/α-hetero) is 1. The first kappa shape index (κ1) is 17.2. The van der Waals surface area contributed by atoms with Crippen LogP contribution in [-0.2, 0) is 10.2 Å². The van der Waals surface area contributed by atoms with E-state index >= 15 is 0 Å². The molecule has 1 aromatic rings. The fraction of sp³-hybridized carbons (Fsp3) is 0.562. The summed E-state index contributed by atoms with van der Waals surface area (Å²) >= 11 is 0. The molecule has 0 bridgehead atoms. The highest BCUT2D eigenvalue weighted by atomic mass is 79.9. The van der Waals surface area contributed by atoms with E-state index in [-0.39, 0.29) is 28.1 Å². The zero-order chi connectivity index (χ0) is 13.9. The standard InChI is InChI=1S/C16H23NO2.BrH/c1-3-5-15(19)16(8-10-17(2)11-9-16)13-6-4-7-14(18)12-13;/h4,6-7,12,18H,3,5,8-11H2,1-2H3;1H. The van der Waals surface area contributed by atoms with E-state index in [0.29, 0.717) is 12.2 Å². The van der Waals surface area contributed by atoms with Crippen molar-refractivity contribution in [3.63, 3.8) is 0 Å². The molecule has 1 N–H and O–H groups in total. The highest BCUT2D eigenvalue weighted by Crippen LogP contribution is 2.38. The number of carbonyl (C=O) groups excluding carboxylic acids is 1. The van der Waals surface area contributed by atoms with Gasteiger partial charge in [0.05, 0.1) is 5.41 Å². The Bertz CT molecular complexity index is 454. The predicted molar refractivity (Wildman–Crippen MR) is 86.8 cm³/mol. The number of hydrogen-bond donors (Lipinski definition) is 1. The number of piperidine rings is 1. The van der Waals surface area contributed by atoms with Crippen molar-refractivity contribution >= 4 is 22.8 Å². The quantitative estimate of drug-likeness (QED) is 0.913. The van der Waals surface area contributed by atoms with Crippen LogP contribution in [0, 0.1) is 0 Å². The smallest absolute Gasteiger partial charge is 0.143 e. The number of phenolic OH excluding ortho intramolecular Hbond substituents is 1. The lowest BCUT2D eigenvalue weighted by Gasteiger charge is -2.40. The molecule has 1 fully saturated rings. The summed E-state index contributed by atoms with van der Waals surface area (Å²) in [6, 6.07) is 7.25. The SMILES string of the molecule is Br.CCCC(=O)C1(c2cccc(O)c2)CCN(C)CC1. The first-order valence-corrected chi connectivity index (χ1v) is 7.10. The molecule has 0 atom stereocenters. The Labute approximate surface area is 131 Å². The maximum atomic E-state index is 12.6. The molecule has 1 saturated heterocycles. The van der Waals surface area contributed by atoms with Gasteiger partial charge in [-0.2, -0.15) is 0 Å². The molecule has 0 radical (unpaired) electrons. The molecule has 0 spiro atoms. The molecule has 0 amide bonds. The third kappa shape index (κ3) is 3.41. The van der Waals surface area contributed by atoms with Crippen LogP contribution in [0.1, 0.15) is 38.2 Å². The summed E-state index contributed by atoms with van der Waals surface area (Å²) in [4.78, 5) is 14.9. The lowest BCUT2D eigenvalue weighted by atomic mass is 9.68. The van der Waals surface area contributed by atoms with E-state index in [1.807, 2.05) is 19.1 Å². The minimum Gasteiger partial charge on any atom is -0.508 e. The summed E-state index contributed by atoms with van der Waals surface area (Å²) in [5.74, 6) is 0.578. The van der Waals surface area contributed by atoms with Crippen molar-refractivity contribution in [2.24, 2.45) is 0 Å². The molecule has 20 heavy (non-hydrogen) atoms. The monoisotopic (exact) mass is 341 g/mol. The van der Waals surface area contributed by atoms with Crippen molar-refractivity contribution in [2.75, 3.05) is 20.1 Å². The fourth-order valence-corrected chi connectivity index (χ4v) is 3.00. The number of halogens is 1. The van der Waals surface area contributed by atoms with Crippen LogP contribution in [0.15, 0.2) is 24.3 Å².